The highest BCUT2D eigenvalue weighted by molar-refractivity contribution is 5.45. The minimum atomic E-state index is 0.640. The van der Waals surface area contributed by atoms with Gasteiger partial charge >= 0.3 is 0 Å². The van der Waals surface area contributed by atoms with Crippen LogP contribution >= 0.6 is 0 Å². The van der Waals surface area contributed by atoms with Gasteiger partial charge in [-0.15, -0.1) is 0 Å². The molecule has 0 spiro atoms. The maximum Gasteiger partial charge on any atom is 0.119 e. The zero-order chi connectivity index (χ0) is 10.4. The van der Waals surface area contributed by atoms with Crippen molar-refractivity contribution in [1.82, 2.24) is 0 Å². The molecule has 1 N–H and O–H groups in total. The fourth-order valence-electron chi connectivity index (χ4n) is 1.02. The molecular formula is C12H17NO. The van der Waals surface area contributed by atoms with Crippen molar-refractivity contribution in [1.29, 1.82) is 0 Å². The van der Waals surface area contributed by atoms with Crippen LogP contribution in [-0.4, -0.2) is 13.7 Å². The van der Waals surface area contributed by atoms with Crippen LogP contribution < -0.4 is 10.1 Å². The highest BCUT2D eigenvalue weighted by Gasteiger charge is 1.91. The van der Waals surface area contributed by atoms with Crippen molar-refractivity contribution in [2.75, 3.05) is 19.0 Å². The second-order valence-electron chi connectivity index (χ2n) is 3.37. The summed E-state index contributed by atoms with van der Waals surface area (Å²) < 4.78 is 5.51. The third-order valence-corrected chi connectivity index (χ3v) is 1.88. The number of allylic oxidation sites excluding steroid dienone is 1. The van der Waals surface area contributed by atoms with E-state index in [1.165, 1.54) is 5.57 Å². The molecule has 0 saturated heterocycles. The van der Waals surface area contributed by atoms with E-state index >= 15 is 0 Å². The average molecular weight is 191 g/mol. The molecule has 14 heavy (non-hydrogen) atoms. The van der Waals surface area contributed by atoms with Crippen LogP contribution in [0.1, 0.15) is 13.8 Å². The van der Waals surface area contributed by atoms with E-state index < -0.39 is 0 Å². The fourth-order valence-corrected chi connectivity index (χ4v) is 1.02. The molecule has 0 aliphatic heterocycles. The van der Waals surface area contributed by atoms with Crippen LogP contribution in [-0.2, 0) is 0 Å². The minimum Gasteiger partial charge on any atom is -0.490 e. The van der Waals surface area contributed by atoms with E-state index in [2.05, 4.69) is 25.2 Å². The number of rotatable bonds is 4. The Labute approximate surface area is 85.6 Å². The Morgan fingerprint density at radius 1 is 1.29 bits per heavy atom. The molecule has 0 unspecified atom stereocenters. The molecule has 1 rings (SSSR count). The Hall–Kier alpha value is -1.44. The highest BCUT2D eigenvalue weighted by atomic mass is 16.5. The van der Waals surface area contributed by atoms with Gasteiger partial charge in [0.1, 0.15) is 12.4 Å². The van der Waals surface area contributed by atoms with Crippen molar-refractivity contribution in [3.63, 3.8) is 0 Å². The lowest BCUT2D eigenvalue weighted by atomic mass is 10.3. The SMILES string of the molecule is CNc1ccc(OCC=C(C)C)cc1. The largest absolute Gasteiger partial charge is 0.490 e. The van der Waals surface area contributed by atoms with Crippen LogP contribution in [0.25, 0.3) is 0 Å². The van der Waals surface area contributed by atoms with Gasteiger partial charge < -0.3 is 10.1 Å². The summed E-state index contributed by atoms with van der Waals surface area (Å²) in [7, 11) is 1.90. The fraction of sp³-hybridized carbons (Fsp3) is 0.333. The summed E-state index contributed by atoms with van der Waals surface area (Å²) in [5, 5.41) is 3.06. The van der Waals surface area contributed by atoms with Crippen molar-refractivity contribution >= 4 is 5.69 Å². The van der Waals surface area contributed by atoms with Gasteiger partial charge in [0.25, 0.3) is 0 Å². The average Bonchev–Trinajstić information content (AvgIpc) is 2.18. The molecule has 0 amide bonds. The standard InChI is InChI=1S/C12H17NO/c1-10(2)8-9-14-12-6-4-11(13-3)5-7-12/h4-8,13H,9H2,1-3H3. The van der Waals surface area contributed by atoms with Crippen molar-refractivity contribution in [3.8, 4) is 5.75 Å². The summed E-state index contributed by atoms with van der Waals surface area (Å²) in [5.41, 5.74) is 2.37. The van der Waals surface area contributed by atoms with E-state index in [1.807, 2.05) is 31.3 Å². The second-order valence-corrected chi connectivity index (χ2v) is 3.37. The predicted molar refractivity (Wildman–Crippen MR) is 60.9 cm³/mol. The quantitative estimate of drug-likeness (QED) is 0.738. The number of anilines is 1. The Bertz CT molecular complexity index is 297. The van der Waals surface area contributed by atoms with Crippen LogP contribution in [0, 0.1) is 0 Å². The van der Waals surface area contributed by atoms with Crippen LogP contribution in [0.3, 0.4) is 0 Å². The van der Waals surface area contributed by atoms with Gasteiger partial charge in [-0.1, -0.05) is 5.57 Å². The molecular weight excluding hydrogens is 174 g/mol. The van der Waals surface area contributed by atoms with Gasteiger partial charge in [0.05, 0.1) is 0 Å². The first-order valence-corrected chi connectivity index (χ1v) is 4.76. The summed E-state index contributed by atoms with van der Waals surface area (Å²) >= 11 is 0. The molecule has 0 heterocycles. The third kappa shape index (κ3) is 3.52. The number of nitrogens with one attached hydrogen (secondary N) is 1. The Morgan fingerprint density at radius 3 is 2.43 bits per heavy atom. The van der Waals surface area contributed by atoms with Gasteiger partial charge in [-0.05, 0) is 44.2 Å². The maximum atomic E-state index is 5.51. The Balaban J connectivity index is 2.48. The summed E-state index contributed by atoms with van der Waals surface area (Å²) in [6.45, 7) is 4.77. The van der Waals surface area contributed by atoms with Crippen LogP contribution in [0.5, 0.6) is 5.75 Å². The Morgan fingerprint density at radius 2 is 1.93 bits per heavy atom. The topological polar surface area (TPSA) is 21.3 Å². The molecule has 0 fully saturated rings. The zero-order valence-corrected chi connectivity index (χ0v) is 9.00. The monoisotopic (exact) mass is 191 g/mol. The van der Waals surface area contributed by atoms with E-state index in [0.29, 0.717) is 6.61 Å². The van der Waals surface area contributed by atoms with E-state index in [-0.39, 0.29) is 0 Å². The summed E-state index contributed by atoms with van der Waals surface area (Å²) in [4.78, 5) is 0. The lowest BCUT2D eigenvalue weighted by molar-refractivity contribution is 0.362. The molecule has 2 nitrogen and oxygen atoms in total. The molecule has 2 heteroatoms. The smallest absolute Gasteiger partial charge is 0.119 e. The van der Waals surface area contributed by atoms with Gasteiger partial charge in [0, 0.05) is 12.7 Å². The van der Waals surface area contributed by atoms with Crippen molar-refractivity contribution in [2.45, 2.75) is 13.8 Å². The van der Waals surface area contributed by atoms with Gasteiger partial charge in [0.2, 0.25) is 0 Å². The van der Waals surface area contributed by atoms with E-state index in [9.17, 15) is 0 Å². The summed E-state index contributed by atoms with van der Waals surface area (Å²) in [6, 6.07) is 7.92. The van der Waals surface area contributed by atoms with Crippen LogP contribution in [0.15, 0.2) is 35.9 Å². The molecule has 1 aromatic carbocycles. The van der Waals surface area contributed by atoms with E-state index in [1.54, 1.807) is 0 Å². The van der Waals surface area contributed by atoms with Gasteiger partial charge in [-0.3, -0.25) is 0 Å². The first-order chi connectivity index (χ1) is 6.72. The first kappa shape index (κ1) is 10.6. The third-order valence-electron chi connectivity index (χ3n) is 1.88. The molecule has 0 atom stereocenters. The molecule has 0 bridgehead atoms. The zero-order valence-electron chi connectivity index (χ0n) is 9.00. The predicted octanol–water partition coefficient (Wildman–Crippen LogP) is 3.07. The van der Waals surface area contributed by atoms with E-state index in [4.69, 9.17) is 4.74 Å². The lowest BCUT2D eigenvalue weighted by Crippen LogP contribution is -1.94. The van der Waals surface area contributed by atoms with Crippen LogP contribution in [0.2, 0.25) is 0 Å². The van der Waals surface area contributed by atoms with Gasteiger partial charge in [-0.2, -0.15) is 0 Å². The normalized spacial score (nSPS) is 9.36. The van der Waals surface area contributed by atoms with Crippen molar-refractivity contribution < 1.29 is 4.74 Å². The lowest BCUT2D eigenvalue weighted by Gasteiger charge is -2.04. The van der Waals surface area contributed by atoms with Crippen molar-refractivity contribution in [2.24, 2.45) is 0 Å². The number of ether oxygens (including phenoxy) is 1. The molecule has 0 aliphatic carbocycles. The number of hydrogen-bond donors (Lipinski definition) is 1. The molecule has 1 aromatic rings. The first-order valence-electron chi connectivity index (χ1n) is 4.76. The highest BCUT2D eigenvalue weighted by Crippen LogP contribution is 2.14. The molecule has 0 saturated carbocycles. The van der Waals surface area contributed by atoms with Crippen LogP contribution in [0.4, 0.5) is 5.69 Å². The minimum absolute atomic E-state index is 0.640. The maximum absolute atomic E-state index is 5.51. The molecule has 0 aromatic heterocycles. The molecule has 0 radical (unpaired) electrons. The number of hydrogen-bond acceptors (Lipinski definition) is 2. The van der Waals surface area contributed by atoms with Gasteiger partial charge in [0.15, 0.2) is 0 Å². The second kappa shape index (κ2) is 5.32. The summed E-state index contributed by atoms with van der Waals surface area (Å²) in [6.07, 6.45) is 2.06. The van der Waals surface area contributed by atoms with E-state index in [0.717, 1.165) is 11.4 Å². The van der Waals surface area contributed by atoms with Gasteiger partial charge in [-0.25, -0.2) is 0 Å². The number of benzene rings is 1. The summed E-state index contributed by atoms with van der Waals surface area (Å²) in [5.74, 6) is 0.904. The molecule has 76 valence electrons. The Kier molecular flexibility index (Phi) is 4.05. The molecule has 0 aliphatic rings. The van der Waals surface area contributed by atoms with Crippen molar-refractivity contribution in [3.05, 3.63) is 35.9 Å².